The lowest BCUT2D eigenvalue weighted by atomic mass is 9.89. The number of amides is 1. The smallest absolute Gasteiger partial charge is 0.248 e. The Labute approximate surface area is 138 Å². The summed E-state index contributed by atoms with van der Waals surface area (Å²) in [7, 11) is 0. The van der Waals surface area contributed by atoms with E-state index in [2.05, 4.69) is 9.98 Å². The van der Waals surface area contributed by atoms with Crippen LogP contribution in [-0.4, -0.2) is 34.7 Å². The zero-order valence-electron chi connectivity index (χ0n) is 12.9. The minimum atomic E-state index is -0.312. The van der Waals surface area contributed by atoms with Gasteiger partial charge in [0.2, 0.25) is 5.91 Å². The van der Waals surface area contributed by atoms with Crippen molar-refractivity contribution in [3.05, 3.63) is 59.7 Å². The van der Waals surface area contributed by atoms with Crippen molar-refractivity contribution < 1.29 is 9.18 Å². The predicted octanol–water partition coefficient (Wildman–Crippen LogP) is 1.98. The maximum Gasteiger partial charge on any atom is 0.248 e. The summed E-state index contributed by atoms with van der Waals surface area (Å²) < 4.78 is 14.2. The van der Waals surface area contributed by atoms with Gasteiger partial charge in [0.15, 0.2) is 0 Å². The fourth-order valence-corrected chi connectivity index (χ4v) is 3.26. The molecule has 120 valence electrons. The highest BCUT2D eigenvalue weighted by atomic mass is 19.1. The molecule has 1 aromatic heterocycles. The summed E-state index contributed by atoms with van der Waals surface area (Å²) in [5, 5.41) is 0. The quantitative estimate of drug-likeness (QED) is 0.873. The van der Waals surface area contributed by atoms with Crippen molar-refractivity contribution >= 4 is 17.4 Å². The van der Waals surface area contributed by atoms with E-state index in [1.165, 1.54) is 18.5 Å². The van der Waals surface area contributed by atoms with Crippen molar-refractivity contribution in [2.45, 2.75) is 6.42 Å². The number of fused-ring (bicyclic) bond motifs is 3. The Kier molecular flexibility index (Phi) is 3.37. The molecule has 6 heteroatoms. The first-order chi connectivity index (χ1) is 11.6. The molecule has 1 aromatic carbocycles. The summed E-state index contributed by atoms with van der Waals surface area (Å²) >= 11 is 0. The van der Waals surface area contributed by atoms with Crippen molar-refractivity contribution in [2.75, 3.05) is 13.1 Å². The van der Waals surface area contributed by atoms with Gasteiger partial charge in [-0.2, -0.15) is 0 Å². The zero-order valence-corrected chi connectivity index (χ0v) is 12.9. The second kappa shape index (κ2) is 5.56. The van der Waals surface area contributed by atoms with E-state index in [9.17, 15) is 9.18 Å². The number of hydrogen-bond donors (Lipinski definition) is 1. The van der Waals surface area contributed by atoms with Crippen LogP contribution in [0.5, 0.6) is 0 Å². The fraction of sp³-hybridized carbons (Fsp3) is 0.167. The van der Waals surface area contributed by atoms with Crippen molar-refractivity contribution in [2.24, 2.45) is 10.7 Å². The third kappa shape index (κ3) is 2.27. The predicted molar refractivity (Wildman–Crippen MR) is 89.5 cm³/mol. The van der Waals surface area contributed by atoms with Crippen LogP contribution >= 0.6 is 0 Å². The van der Waals surface area contributed by atoms with Gasteiger partial charge >= 0.3 is 0 Å². The number of pyridine rings is 1. The second-order valence-electron chi connectivity index (χ2n) is 5.75. The summed E-state index contributed by atoms with van der Waals surface area (Å²) in [4.78, 5) is 22.1. The Morgan fingerprint density at radius 2 is 2.00 bits per heavy atom. The molecule has 2 N–H and O–H groups in total. The molecule has 0 saturated heterocycles. The summed E-state index contributed by atoms with van der Waals surface area (Å²) in [6.45, 7) is 0.581. The largest absolute Gasteiger partial charge is 0.384 e. The molecule has 0 saturated carbocycles. The van der Waals surface area contributed by atoms with Crippen LogP contribution in [0.25, 0.3) is 16.8 Å². The van der Waals surface area contributed by atoms with Crippen LogP contribution < -0.4 is 5.73 Å². The zero-order chi connectivity index (χ0) is 16.7. The van der Waals surface area contributed by atoms with Crippen molar-refractivity contribution in [1.29, 1.82) is 0 Å². The van der Waals surface area contributed by atoms with Crippen LogP contribution in [0.4, 0.5) is 4.39 Å². The second-order valence-corrected chi connectivity index (χ2v) is 5.75. The molecule has 3 heterocycles. The minimum Gasteiger partial charge on any atom is -0.384 e. The molecule has 0 aliphatic carbocycles. The third-order valence-electron chi connectivity index (χ3n) is 4.37. The average molecular weight is 322 g/mol. The maximum absolute atomic E-state index is 14.2. The van der Waals surface area contributed by atoms with E-state index >= 15 is 0 Å². The Hall–Kier alpha value is -3.02. The molecule has 0 bridgehead atoms. The van der Waals surface area contributed by atoms with Gasteiger partial charge in [0.25, 0.3) is 0 Å². The van der Waals surface area contributed by atoms with Crippen molar-refractivity contribution in [3.63, 3.8) is 0 Å². The Bertz CT molecular complexity index is 904. The average Bonchev–Trinajstić information content (AvgIpc) is 2.74. The van der Waals surface area contributed by atoms with Gasteiger partial charge in [-0.3, -0.25) is 14.8 Å². The third-order valence-corrected chi connectivity index (χ3v) is 4.37. The van der Waals surface area contributed by atoms with Gasteiger partial charge in [-0.25, -0.2) is 4.39 Å². The van der Waals surface area contributed by atoms with Crippen LogP contribution in [0.2, 0.25) is 0 Å². The minimum absolute atomic E-state index is 0.0537. The number of amidine groups is 1. The van der Waals surface area contributed by atoms with E-state index in [-0.39, 0.29) is 18.3 Å². The lowest BCUT2D eigenvalue weighted by Crippen LogP contribution is -2.36. The summed E-state index contributed by atoms with van der Waals surface area (Å²) in [6, 6.07) is 7.01. The molecule has 4 rings (SSSR count). The fourth-order valence-electron chi connectivity index (χ4n) is 3.26. The SMILES string of the molecule is NC1=NCC(=O)N2CCc3c(cccc3-c3cnccc3F)C2=C1. The van der Waals surface area contributed by atoms with Gasteiger partial charge in [0, 0.05) is 36.1 Å². The molecule has 24 heavy (non-hydrogen) atoms. The normalized spacial score (nSPS) is 16.7. The van der Waals surface area contributed by atoms with Gasteiger partial charge in [-0.15, -0.1) is 0 Å². The molecule has 2 aliphatic heterocycles. The van der Waals surface area contributed by atoms with E-state index in [4.69, 9.17) is 5.73 Å². The van der Waals surface area contributed by atoms with Crippen LogP contribution in [0.3, 0.4) is 0 Å². The number of halogens is 1. The number of hydrogen-bond acceptors (Lipinski definition) is 4. The highest BCUT2D eigenvalue weighted by molar-refractivity contribution is 6.05. The monoisotopic (exact) mass is 322 g/mol. The first-order valence-corrected chi connectivity index (χ1v) is 7.69. The lowest BCUT2D eigenvalue weighted by molar-refractivity contribution is -0.126. The lowest BCUT2D eigenvalue weighted by Gasteiger charge is -2.31. The van der Waals surface area contributed by atoms with Crippen LogP contribution in [0, 0.1) is 5.82 Å². The molecule has 0 atom stereocenters. The summed E-state index contributed by atoms with van der Waals surface area (Å²) in [6.07, 6.45) is 5.31. The van der Waals surface area contributed by atoms with Gasteiger partial charge in [-0.1, -0.05) is 18.2 Å². The molecule has 2 aliphatic rings. The van der Waals surface area contributed by atoms with E-state index in [0.717, 1.165) is 22.4 Å². The first-order valence-electron chi connectivity index (χ1n) is 7.69. The summed E-state index contributed by atoms with van der Waals surface area (Å²) in [5.74, 6) is -0.0650. The van der Waals surface area contributed by atoms with Crippen LogP contribution in [-0.2, 0) is 11.2 Å². The van der Waals surface area contributed by atoms with Gasteiger partial charge in [-0.05, 0) is 23.6 Å². The molecular formula is C18H15FN4O. The van der Waals surface area contributed by atoms with Crippen molar-refractivity contribution in [1.82, 2.24) is 9.88 Å². The summed E-state index contributed by atoms with van der Waals surface area (Å²) in [5.41, 5.74) is 9.73. The molecule has 5 nitrogen and oxygen atoms in total. The van der Waals surface area contributed by atoms with Gasteiger partial charge in [0.1, 0.15) is 18.2 Å². The number of aromatic nitrogens is 1. The molecule has 0 fully saturated rings. The molecule has 0 radical (unpaired) electrons. The topological polar surface area (TPSA) is 71.6 Å². The number of nitrogens with two attached hydrogens (primary N) is 1. The molecule has 0 spiro atoms. The molecular weight excluding hydrogens is 307 g/mol. The van der Waals surface area contributed by atoms with E-state index < -0.39 is 0 Å². The van der Waals surface area contributed by atoms with E-state index in [0.29, 0.717) is 24.4 Å². The Balaban J connectivity index is 1.91. The number of carbonyl (C=O) groups excluding carboxylic acids is 1. The number of nitrogens with zero attached hydrogens (tertiary/aromatic N) is 3. The van der Waals surface area contributed by atoms with Gasteiger partial charge < -0.3 is 10.6 Å². The van der Waals surface area contributed by atoms with E-state index in [1.54, 1.807) is 11.0 Å². The highest BCUT2D eigenvalue weighted by Gasteiger charge is 2.29. The molecule has 2 aromatic rings. The van der Waals surface area contributed by atoms with E-state index in [1.807, 2.05) is 18.2 Å². The number of rotatable bonds is 1. The Morgan fingerprint density at radius 3 is 2.83 bits per heavy atom. The number of carbonyl (C=O) groups is 1. The first kappa shape index (κ1) is 14.6. The standard InChI is InChI=1S/C18H15FN4O/c19-15-4-6-21-9-14(15)11-2-1-3-13-12(11)5-7-23-16(13)8-17(20)22-10-18(23)24/h1-4,6,8-9H,5,7,10H2,(H2,20,22). The highest BCUT2D eigenvalue weighted by Crippen LogP contribution is 2.36. The molecule has 1 amide bonds. The van der Waals surface area contributed by atoms with Gasteiger partial charge in [0.05, 0.1) is 5.70 Å². The van der Waals surface area contributed by atoms with Crippen molar-refractivity contribution in [3.8, 4) is 11.1 Å². The number of benzene rings is 1. The maximum atomic E-state index is 14.2. The number of aliphatic imine (C=N–C) groups is 1. The molecule has 0 unspecified atom stereocenters. The van der Waals surface area contributed by atoms with Crippen LogP contribution in [0.1, 0.15) is 11.1 Å². The Morgan fingerprint density at radius 1 is 1.17 bits per heavy atom. The van der Waals surface area contributed by atoms with Crippen LogP contribution in [0.15, 0.2) is 47.7 Å².